The van der Waals surface area contributed by atoms with Gasteiger partial charge in [0.25, 0.3) is 5.91 Å². The zero-order valence-electron chi connectivity index (χ0n) is 13.9. The maximum absolute atomic E-state index is 12.1. The van der Waals surface area contributed by atoms with Crippen LogP contribution < -0.4 is 14.8 Å². The number of carbonyl (C=O) groups excluding carboxylic acids is 1. The largest absolute Gasteiger partial charge is 0.493 e. The minimum atomic E-state index is -0.216. The Balaban J connectivity index is 2.25. The average Bonchev–Trinajstić information content (AvgIpc) is 2.96. The highest BCUT2D eigenvalue weighted by Gasteiger charge is 2.18. The fourth-order valence-corrected chi connectivity index (χ4v) is 2.16. The van der Waals surface area contributed by atoms with E-state index in [1.165, 1.54) is 0 Å². The highest BCUT2D eigenvalue weighted by atomic mass is 16.5. The lowest BCUT2D eigenvalue weighted by atomic mass is 10.2. The molecule has 23 heavy (non-hydrogen) atoms. The van der Waals surface area contributed by atoms with Crippen LogP contribution in [0.3, 0.4) is 0 Å². The van der Waals surface area contributed by atoms with Gasteiger partial charge >= 0.3 is 0 Å². The van der Waals surface area contributed by atoms with Gasteiger partial charge in [-0.1, -0.05) is 13.3 Å². The number of nitrogens with one attached hydrogen (secondary N) is 1. The summed E-state index contributed by atoms with van der Waals surface area (Å²) in [6.45, 7) is 4.43. The summed E-state index contributed by atoms with van der Waals surface area (Å²) in [5, 5.41) is 2.84. The molecule has 0 aliphatic rings. The van der Waals surface area contributed by atoms with Crippen molar-refractivity contribution in [3.05, 3.63) is 29.7 Å². The lowest BCUT2D eigenvalue weighted by Crippen LogP contribution is -2.25. The molecule has 2 aromatic rings. The van der Waals surface area contributed by atoms with Gasteiger partial charge in [0.15, 0.2) is 17.2 Å². The molecule has 0 unspecified atom stereocenters. The lowest BCUT2D eigenvalue weighted by Gasteiger charge is -2.07. The van der Waals surface area contributed by atoms with E-state index in [4.69, 9.17) is 13.9 Å². The van der Waals surface area contributed by atoms with Crippen LogP contribution in [0.5, 0.6) is 11.5 Å². The van der Waals surface area contributed by atoms with Gasteiger partial charge in [0.1, 0.15) is 5.76 Å². The maximum Gasteiger partial charge on any atom is 0.273 e. The number of rotatable bonds is 7. The molecule has 0 saturated heterocycles. The Bertz CT molecular complexity index is 679. The van der Waals surface area contributed by atoms with Crippen LogP contribution in [0.2, 0.25) is 0 Å². The second-order valence-corrected chi connectivity index (χ2v) is 5.10. The Labute approximate surface area is 135 Å². The smallest absolute Gasteiger partial charge is 0.273 e. The van der Waals surface area contributed by atoms with Gasteiger partial charge in [0, 0.05) is 12.1 Å². The number of nitrogens with zero attached hydrogens (tertiary/aromatic N) is 1. The van der Waals surface area contributed by atoms with Crippen molar-refractivity contribution in [3.63, 3.8) is 0 Å². The standard InChI is InChI=1S/C17H22N2O4/c1-5-6-9-18-16(20)15-11(2)23-17(19-15)12-7-8-13(21-3)14(10-12)22-4/h7-8,10H,5-6,9H2,1-4H3,(H,18,20). The molecule has 1 amide bonds. The molecule has 1 heterocycles. The first kappa shape index (κ1) is 16.9. The monoisotopic (exact) mass is 318 g/mol. The highest BCUT2D eigenvalue weighted by Crippen LogP contribution is 2.32. The van der Waals surface area contributed by atoms with Gasteiger partial charge in [-0.25, -0.2) is 4.98 Å². The Hall–Kier alpha value is -2.50. The predicted molar refractivity (Wildman–Crippen MR) is 87.0 cm³/mol. The van der Waals surface area contributed by atoms with Crippen LogP contribution in [0.25, 0.3) is 11.5 Å². The fraction of sp³-hybridized carbons (Fsp3) is 0.412. The SMILES string of the molecule is CCCCNC(=O)c1nc(-c2ccc(OC)c(OC)c2)oc1C. The summed E-state index contributed by atoms with van der Waals surface area (Å²) in [5.74, 6) is 1.85. The summed E-state index contributed by atoms with van der Waals surface area (Å²) in [7, 11) is 3.14. The first-order valence-corrected chi connectivity index (χ1v) is 7.58. The van der Waals surface area contributed by atoms with Gasteiger partial charge < -0.3 is 19.2 Å². The van der Waals surface area contributed by atoms with Crippen molar-refractivity contribution < 1.29 is 18.7 Å². The van der Waals surface area contributed by atoms with Gasteiger partial charge in [-0.05, 0) is 31.5 Å². The summed E-state index contributed by atoms with van der Waals surface area (Å²) >= 11 is 0. The molecular formula is C17H22N2O4. The van der Waals surface area contributed by atoms with Crippen molar-refractivity contribution in [1.29, 1.82) is 0 Å². The number of methoxy groups -OCH3 is 2. The minimum Gasteiger partial charge on any atom is -0.493 e. The number of hydrogen-bond donors (Lipinski definition) is 1. The minimum absolute atomic E-state index is 0.216. The van der Waals surface area contributed by atoms with Crippen molar-refractivity contribution >= 4 is 5.91 Å². The van der Waals surface area contributed by atoms with Crippen LogP contribution in [0.1, 0.15) is 36.0 Å². The van der Waals surface area contributed by atoms with E-state index in [1.54, 1.807) is 33.3 Å². The summed E-state index contributed by atoms with van der Waals surface area (Å²) in [6, 6.07) is 5.35. The van der Waals surface area contributed by atoms with E-state index >= 15 is 0 Å². The highest BCUT2D eigenvalue weighted by molar-refractivity contribution is 5.93. The third kappa shape index (κ3) is 3.83. The molecule has 0 radical (unpaired) electrons. The third-order valence-corrected chi connectivity index (χ3v) is 3.46. The molecule has 1 aromatic heterocycles. The molecule has 0 atom stereocenters. The number of aromatic nitrogens is 1. The zero-order chi connectivity index (χ0) is 16.8. The second-order valence-electron chi connectivity index (χ2n) is 5.10. The van der Waals surface area contributed by atoms with E-state index in [-0.39, 0.29) is 5.91 Å². The Morgan fingerprint density at radius 3 is 2.65 bits per heavy atom. The molecule has 0 bridgehead atoms. The summed E-state index contributed by atoms with van der Waals surface area (Å²) in [6.07, 6.45) is 1.96. The lowest BCUT2D eigenvalue weighted by molar-refractivity contribution is 0.0947. The molecule has 6 nitrogen and oxygen atoms in total. The Morgan fingerprint density at radius 2 is 2.00 bits per heavy atom. The average molecular weight is 318 g/mol. The van der Waals surface area contributed by atoms with Gasteiger partial charge in [-0.3, -0.25) is 4.79 Å². The normalized spacial score (nSPS) is 10.4. The van der Waals surface area contributed by atoms with E-state index in [9.17, 15) is 4.79 Å². The first-order valence-electron chi connectivity index (χ1n) is 7.58. The molecule has 0 fully saturated rings. The molecule has 0 aliphatic carbocycles. The third-order valence-electron chi connectivity index (χ3n) is 3.46. The van der Waals surface area contributed by atoms with Crippen molar-refractivity contribution in [2.75, 3.05) is 20.8 Å². The molecule has 2 rings (SSSR count). The van der Waals surface area contributed by atoms with E-state index < -0.39 is 0 Å². The zero-order valence-corrected chi connectivity index (χ0v) is 13.9. The number of oxazole rings is 1. The van der Waals surface area contributed by atoms with Gasteiger partial charge in [0.05, 0.1) is 14.2 Å². The maximum atomic E-state index is 12.1. The molecule has 1 N–H and O–H groups in total. The Morgan fingerprint density at radius 1 is 1.26 bits per heavy atom. The predicted octanol–water partition coefficient (Wildman–Crippen LogP) is 3.20. The number of amides is 1. The van der Waals surface area contributed by atoms with E-state index in [1.807, 2.05) is 6.07 Å². The molecule has 0 aliphatic heterocycles. The number of hydrogen-bond acceptors (Lipinski definition) is 5. The van der Waals surface area contributed by atoms with Crippen molar-refractivity contribution in [2.45, 2.75) is 26.7 Å². The molecule has 6 heteroatoms. The van der Waals surface area contributed by atoms with Crippen LogP contribution in [0, 0.1) is 6.92 Å². The number of aryl methyl sites for hydroxylation is 1. The van der Waals surface area contributed by atoms with Gasteiger partial charge in [0.2, 0.25) is 5.89 Å². The van der Waals surface area contributed by atoms with E-state index in [2.05, 4.69) is 17.2 Å². The molecule has 1 aromatic carbocycles. The van der Waals surface area contributed by atoms with Crippen LogP contribution in [-0.2, 0) is 0 Å². The number of benzene rings is 1. The van der Waals surface area contributed by atoms with Gasteiger partial charge in [-0.15, -0.1) is 0 Å². The quantitative estimate of drug-likeness (QED) is 0.794. The number of ether oxygens (including phenoxy) is 2. The van der Waals surface area contributed by atoms with E-state index in [0.717, 1.165) is 18.4 Å². The van der Waals surface area contributed by atoms with Crippen LogP contribution >= 0.6 is 0 Å². The summed E-state index contributed by atoms with van der Waals surface area (Å²) in [4.78, 5) is 16.4. The first-order chi connectivity index (χ1) is 11.1. The van der Waals surface area contributed by atoms with Crippen LogP contribution in [0.15, 0.2) is 22.6 Å². The number of carbonyl (C=O) groups is 1. The van der Waals surface area contributed by atoms with Crippen LogP contribution in [-0.4, -0.2) is 31.7 Å². The van der Waals surface area contributed by atoms with E-state index in [0.29, 0.717) is 35.4 Å². The summed E-state index contributed by atoms with van der Waals surface area (Å²) in [5.41, 5.74) is 1.03. The van der Waals surface area contributed by atoms with Crippen molar-refractivity contribution in [2.24, 2.45) is 0 Å². The topological polar surface area (TPSA) is 73.6 Å². The van der Waals surface area contributed by atoms with Gasteiger partial charge in [-0.2, -0.15) is 0 Å². The Kier molecular flexibility index (Phi) is 5.62. The van der Waals surface area contributed by atoms with Crippen molar-refractivity contribution in [1.82, 2.24) is 10.3 Å². The summed E-state index contributed by atoms with van der Waals surface area (Å²) < 4.78 is 16.1. The van der Waals surface area contributed by atoms with Crippen molar-refractivity contribution in [3.8, 4) is 23.0 Å². The molecular weight excluding hydrogens is 296 g/mol. The fourth-order valence-electron chi connectivity index (χ4n) is 2.16. The molecule has 0 saturated carbocycles. The molecule has 124 valence electrons. The van der Waals surface area contributed by atoms with Crippen LogP contribution in [0.4, 0.5) is 0 Å². The molecule has 0 spiro atoms. The second kappa shape index (κ2) is 7.67. The number of unbranched alkanes of at least 4 members (excludes halogenated alkanes) is 1.